The van der Waals surface area contributed by atoms with Crippen molar-refractivity contribution in [2.45, 2.75) is 37.4 Å². The van der Waals surface area contributed by atoms with E-state index in [0.29, 0.717) is 38.3 Å². The Labute approximate surface area is 182 Å². The minimum atomic E-state index is -1.22. The first-order valence-corrected chi connectivity index (χ1v) is 11.1. The van der Waals surface area contributed by atoms with Crippen molar-refractivity contribution in [3.05, 3.63) is 53.3 Å². The second-order valence-corrected chi connectivity index (χ2v) is 8.86. The minimum Gasteiger partial charge on any atom is -0.378 e. The number of fused-ring (bicyclic) bond motifs is 1. The fourth-order valence-electron chi connectivity index (χ4n) is 5.19. The lowest BCUT2D eigenvalue weighted by Gasteiger charge is -2.39. The SMILES string of the molecule is CC1c2c(ccn2CC2(F)CCNC2)N=C(N2CCOCC2)C1c1ccc(C#N)cc1. The summed E-state index contributed by atoms with van der Waals surface area (Å²) in [4.78, 5) is 7.42. The molecule has 2 aromatic rings. The molecule has 31 heavy (non-hydrogen) atoms. The highest BCUT2D eigenvalue weighted by Crippen LogP contribution is 2.45. The number of alkyl halides is 1. The van der Waals surface area contributed by atoms with Crippen molar-refractivity contribution < 1.29 is 9.13 Å². The highest BCUT2D eigenvalue weighted by molar-refractivity contribution is 5.94. The van der Waals surface area contributed by atoms with Crippen LogP contribution in [0, 0.1) is 11.3 Å². The number of hydrogen-bond donors (Lipinski definition) is 1. The molecule has 3 aliphatic rings. The van der Waals surface area contributed by atoms with Gasteiger partial charge in [0.05, 0.1) is 43.0 Å². The van der Waals surface area contributed by atoms with Gasteiger partial charge >= 0.3 is 0 Å². The molecule has 0 spiro atoms. The van der Waals surface area contributed by atoms with Crippen LogP contribution in [0.2, 0.25) is 0 Å². The van der Waals surface area contributed by atoms with Gasteiger partial charge in [-0.3, -0.25) is 0 Å². The molecule has 5 rings (SSSR count). The summed E-state index contributed by atoms with van der Waals surface area (Å²) in [6, 6.07) is 12.0. The van der Waals surface area contributed by atoms with E-state index in [1.165, 1.54) is 0 Å². The van der Waals surface area contributed by atoms with Gasteiger partial charge in [0.25, 0.3) is 0 Å². The van der Waals surface area contributed by atoms with Crippen molar-refractivity contribution in [2.24, 2.45) is 4.99 Å². The Morgan fingerprint density at radius 1 is 1.26 bits per heavy atom. The molecule has 2 fully saturated rings. The van der Waals surface area contributed by atoms with Crippen LogP contribution in [0.1, 0.15) is 42.0 Å². The molecule has 3 unspecified atom stereocenters. The maximum Gasteiger partial charge on any atom is 0.142 e. The number of nitrogens with zero attached hydrogens (tertiary/aromatic N) is 4. The summed E-state index contributed by atoms with van der Waals surface area (Å²) < 4.78 is 22.9. The minimum absolute atomic E-state index is 0.0456. The number of hydrogen-bond acceptors (Lipinski definition) is 5. The lowest BCUT2D eigenvalue weighted by atomic mass is 9.81. The molecule has 0 aliphatic carbocycles. The zero-order valence-corrected chi connectivity index (χ0v) is 17.9. The van der Waals surface area contributed by atoms with Crippen LogP contribution < -0.4 is 5.32 Å². The molecule has 1 N–H and O–H groups in total. The predicted octanol–water partition coefficient (Wildman–Crippen LogP) is 3.32. The molecule has 1 aromatic heterocycles. The molecule has 6 nitrogen and oxygen atoms in total. The molecule has 3 aliphatic heterocycles. The zero-order valence-electron chi connectivity index (χ0n) is 17.9. The Morgan fingerprint density at radius 2 is 2.03 bits per heavy atom. The molecule has 0 bridgehead atoms. The van der Waals surface area contributed by atoms with Crippen molar-refractivity contribution in [1.29, 1.82) is 5.26 Å². The van der Waals surface area contributed by atoms with Gasteiger partial charge in [0.15, 0.2) is 0 Å². The number of aliphatic imine (C=N–C) groups is 1. The average Bonchev–Trinajstić information content (AvgIpc) is 3.41. The van der Waals surface area contributed by atoms with E-state index in [1.54, 1.807) is 0 Å². The normalized spacial score (nSPS) is 28.2. The van der Waals surface area contributed by atoms with Gasteiger partial charge in [0.1, 0.15) is 11.5 Å². The molecule has 7 heteroatoms. The van der Waals surface area contributed by atoms with Crippen molar-refractivity contribution in [3.63, 3.8) is 0 Å². The first kappa shape index (κ1) is 20.2. The monoisotopic (exact) mass is 421 g/mol. The molecule has 4 heterocycles. The number of benzene rings is 1. The lowest BCUT2D eigenvalue weighted by Crippen LogP contribution is -2.45. The molecule has 1 aromatic carbocycles. The van der Waals surface area contributed by atoms with E-state index in [2.05, 4.69) is 27.8 Å². The van der Waals surface area contributed by atoms with Crippen molar-refractivity contribution in [2.75, 3.05) is 39.4 Å². The molecule has 162 valence electrons. The van der Waals surface area contributed by atoms with E-state index in [0.717, 1.165) is 42.4 Å². The van der Waals surface area contributed by atoms with E-state index in [-0.39, 0.29) is 11.8 Å². The third kappa shape index (κ3) is 3.75. The van der Waals surface area contributed by atoms with E-state index >= 15 is 4.39 Å². The smallest absolute Gasteiger partial charge is 0.142 e. The number of rotatable bonds is 3. The second-order valence-electron chi connectivity index (χ2n) is 8.86. The van der Waals surface area contributed by atoms with Crippen LogP contribution in [-0.4, -0.2) is 60.4 Å². The average molecular weight is 422 g/mol. The van der Waals surface area contributed by atoms with Crippen LogP contribution in [0.4, 0.5) is 10.1 Å². The predicted molar refractivity (Wildman–Crippen MR) is 118 cm³/mol. The third-order valence-electron chi connectivity index (χ3n) is 6.81. The summed E-state index contributed by atoms with van der Waals surface area (Å²) in [5.41, 5.74) is 2.59. The first-order chi connectivity index (χ1) is 15.1. The molecule has 3 atom stereocenters. The Bertz CT molecular complexity index is 1010. The molecule has 0 saturated carbocycles. The second kappa shape index (κ2) is 8.10. The van der Waals surface area contributed by atoms with E-state index in [9.17, 15) is 5.26 Å². The van der Waals surface area contributed by atoms with Crippen LogP contribution >= 0.6 is 0 Å². The Balaban J connectivity index is 1.55. The summed E-state index contributed by atoms with van der Waals surface area (Å²) >= 11 is 0. The lowest BCUT2D eigenvalue weighted by molar-refractivity contribution is 0.0663. The molecule has 0 radical (unpaired) electrons. The van der Waals surface area contributed by atoms with E-state index < -0.39 is 5.67 Å². The van der Waals surface area contributed by atoms with E-state index in [4.69, 9.17) is 9.73 Å². The number of amidine groups is 1. The van der Waals surface area contributed by atoms with Crippen molar-refractivity contribution in [1.82, 2.24) is 14.8 Å². The van der Waals surface area contributed by atoms with Gasteiger partial charge in [-0.25, -0.2) is 9.38 Å². The standard InChI is InChI=1S/C24H28FN5O/c1-17-21(19-4-2-18(14-26)3-5-19)23(29-10-12-31-13-11-29)28-20-6-9-30(22(17)20)16-24(25)7-8-27-15-24/h2-6,9,17,21,27H,7-8,10-13,15-16H2,1H3. The maximum atomic E-state index is 15.3. The van der Waals surface area contributed by atoms with Gasteiger partial charge < -0.3 is 19.5 Å². The Hall–Kier alpha value is -2.69. The first-order valence-electron chi connectivity index (χ1n) is 11.1. The van der Waals surface area contributed by atoms with Crippen LogP contribution in [-0.2, 0) is 11.3 Å². The van der Waals surface area contributed by atoms with Crippen molar-refractivity contribution >= 4 is 11.5 Å². The number of aromatic nitrogens is 1. The number of ether oxygens (including phenoxy) is 1. The molecule has 2 saturated heterocycles. The number of morpholine rings is 1. The fraction of sp³-hybridized carbons (Fsp3) is 0.500. The van der Waals surface area contributed by atoms with Crippen LogP contribution in [0.5, 0.6) is 0 Å². The Morgan fingerprint density at radius 3 is 2.71 bits per heavy atom. The van der Waals surface area contributed by atoms with Gasteiger partial charge in [-0.15, -0.1) is 0 Å². The summed E-state index contributed by atoms with van der Waals surface area (Å²) in [6.45, 7) is 6.70. The molecule has 0 amide bonds. The van der Waals surface area contributed by atoms with Gasteiger partial charge in [-0.05, 0) is 36.7 Å². The van der Waals surface area contributed by atoms with Crippen LogP contribution in [0.3, 0.4) is 0 Å². The Kier molecular flexibility index (Phi) is 5.28. The number of halogens is 1. The largest absolute Gasteiger partial charge is 0.378 e. The third-order valence-corrected chi connectivity index (χ3v) is 6.81. The van der Waals surface area contributed by atoms with Gasteiger partial charge in [-0.2, -0.15) is 5.26 Å². The topological polar surface area (TPSA) is 65.6 Å². The molecular weight excluding hydrogens is 393 g/mol. The van der Waals surface area contributed by atoms with Crippen molar-refractivity contribution in [3.8, 4) is 6.07 Å². The number of nitriles is 1. The van der Waals surface area contributed by atoms with Gasteiger partial charge in [0.2, 0.25) is 0 Å². The van der Waals surface area contributed by atoms with E-state index in [1.807, 2.05) is 36.5 Å². The highest BCUT2D eigenvalue weighted by Gasteiger charge is 2.39. The summed E-state index contributed by atoms with van der Waals surface area (Å²) in [6.07, 6.45) is 2.53. The van der Waals surface area contributed by atoms with Gasteiger partial charge in [0, 0.05) is 37.4 Å². The molecular formula is C24H28FN5O. The van der Waals surface area contributed by atoms with Gasteiger partial charge in [-0.1, -0.05) is 19.1 Å². The van der Waals surface area contributed by atoms with Crippen LogP contribution in [0.25, 0.3) is 0 Å². The maximum absolute atomic E-state index is 15.3. The summed E-state index contributed by atoms with van der Waals surface area (Å²) in [5.74, 6) is 1.22. The number of nitrogens with one attached hydrogen (secondary N) is 1. The zero-order chi connectivity index (χ0) is 21.4. The van der Waals surface area contributed by atoms with Crippen LogP contribution in [0.15, 0.2) is 41.5 Å². The summed E-state index contributed by atoms with van der Waals surface area (Å²) in [5, 5.41) is 12.4. The quantitative estimate of drug-likeness (QED) is 0.826. The fourth-order valence-corrected chi connectivity index (χ4v) is 5.19. The summed E-state index contributed by atoms with van der Waals surface area (Å²) in [7, 11) is 0. The highest BCUT2D eigenvalue weighted by atomic mass is 19.1.